The zero-order valence-electron chi connectivity index (χ0n) is 20.6. The van der Waals surface area contributed by atoms with Crippen LogP contribution in [0.25, 0.3) is 33.3 Å². The molecule has 2 heterocycles. The molecule has 2 unspecified atom stereocenters. The summed E-state index contributed by atoms with van der Waals surface area (Å²) in [6.07, 6.45) is -2.69. The molecule has 1 fully saturated rings. The monoisotopic (exact) mass is 526 g/mol. The van der Waals surface area contributed by atoms with Crippen LogP contribution in [0, 0.1) is 11.6 Å². The highest BCUT2D eigenvalue weighted by Gasteiger charge is 2.37. The number of hydrogen-bond donors (Lipinski definition) is 5. The molecule has 4 aromatic rings. The maximum Gasteiger partial charge on any atom is 0.295 e. The van der Waals surface area contributed by atoms with Crippen LogP contribution in [0.4, 0.5) is 8.78 Å². The van der Waals surface area contributed by atoms with E-state index in [-0.39, 0.29) is 49.0 Å². The number of halogens is 2. The highest BCUT2D eigenvalue weighted by atomic mass is 19.1. The van der Waals surface area contributed by atoms with Crippen molar-refractivity contribution in [1.29, 1.82) is 0 Å². The summed E-state index contributed by atoms with van der Waals surface area (Å²) in [6.45, 7) is 1.03. The van der Waals surface area contributed by atoms with Crippen LogP contribution in [-0.4, -0.2) is 75.1 Å². The Kier molecular flexibility index (Phi) is 7.17. The third-order valence-electron chi connectivity index (χ3n) is 7.11. The average molecular weight is 527 g/mol. The van der Waals surface area contributed by atoms with Gasteiger partial charge in [0.05, 0.1) is 37.5 Å². The minimum atomic E-state index is -1.09. The van der Waals surface area contributed by atoms with E-state index in [4.69, 9.17) is 9.47 Å². The molecule has 3 atom stereocenters. The Morgan fingerprint density at radius 2 is 1.61 bits per heavy atom. The Bertz CT molecular complexity index is 1420. The van der Waals surface area contributed by atoms with Gasteiger partial charge in [0, 0.05) is 11.5 Å². The number of rotatable bonds is 8. The first-order valence-electron chi connectivity index (χ1n) is 12.2. The standard InChI is InChI=1S/C28H28F2N2O6/c1-28(13-34,14-35)18-8-6-16(7-9-18)15-2-4-17(5-3-15)23-19(29)10-20-25(24(23)30)32-27(31-20)38-22-12-37-21(11-33)26(22)36/h2-10,21-22,26,33-36H,11-14H2,1H3,(H,31,32)/t21-,22?,26?/m1/s1. The van der Waals surface area contributed by atoms with Crippen molar-refractivity contribution in [3.63, 3.8) is 0 Å². The predicted octanol–water partition coefficient (Wildman–Crippen LogP) is 2.92. The maximum absolute atomic E-state index is 15.5. The molecular formula is C28H28F2N2O6. The molecule has 1 aliphatic heterocycles. The maximum atomic E-state index is 15.5. The smallest absolute Gasteiger partial charge is 0.295 e. The van der Waals surface area contributed by atoms with Gasteiger partial charge in [-0.1, -0.05) is 55.5 Å². The molecule has 1 saturated heterocycles. The van der Waals surface area contributed by atoms with Crippen molar-refractivity contribution in [2.45, 2.75) is 30.7 Å². The Morgan fingerprint density at radius 3 is 2.18 bits per heavy atom. The summed E-state index contributed by atoms with van der Waals surface area (Å²) in [7, 11) is 0. The van der Waals surface area contributed by atoms with Crippen LogP contribution in [0.5, 0.6) is 6.01 Å². The normalized spacial score (nSPS) is 19.8. The fraction of sp³-hybridized carbons (Fsp3) is 0.321. The van der Waals surface area contributed by atoms with Gasteiger partial charge >= 0.3 is 0 Å². The number of nitrogens with one attached hydrogen (secondary N) is 1. The Balaban J connectivity index is 1.40. The Morgan fingerprint density at radius 1 is 1.00 bits per heavy atom. The first kappa shape index (κ1) is 26.2. The van der Waals surface area contributed by atoms with Gasteiger partial charge in [0.25, 0.3) is 6.01 Å². The van der Waals surface area contributed by atoms with Crippen LogP contribution in [-0.2, 0) is 10.2 Å². The van der Waals surface area contributed by atoms with E-state index >= 15 is 8.78 Å². The van der Waals surface area contributed by atoms with Gasteiger partial charge in [-0.15, -0.1) is 0 Å². The number of aliphatic hydroxyl groups is 4. The van der Waals surface area contributed by atoms with Gasteiger partial charge in [-0.25, -0.2) is 8.78 Å². The van der Waals surface area contributed by atoms with Crippen molar-refractivity contribution in [2.75, 3.05) is 26.4 Å². The van der Waals surface area contributed by atoms with Gasteiger partial charge in [-0.3, -0.25) is 0 Å². The second kappa shape index (κ2) is 10.4. The molecule has 10 heteroatoms. The number of fused-ring (bicyclic) bond motifs is 1. The van der Waals surface area contributed by atoms with E-state index in [1.165, 1.54) is 0 Å². The van der Waals surface area contributed by atoms with E-state index in [9.17, 15) is 20.4 Å². The number of benzene rings is 3. The van der Waals surface area contributed by atoms with Crippen molar-refractivity contribution in [2.24, 2.45) is 0 Å². The molecule has 5 rings (SSSR count). The number of H-pyrrole nitrogens is 1. The van der Waals surface area contributed by atoms with Crippen LogP contribution >= 0.6 is 0 Å². The van der Waals surface area contributed by atoms with Crippen molar-refractivity contribution >= 4 is 11.0 Å². The number of aromatic nitrogens is 2. The lowest BCUT2D eigenvalue weighted by Crippen LogP contribution is -2.36. The molecule has 8 nitrogen and oxygen atoms in total. The molecule has 3 aromatic carbocycles. The lowest BCUT2D eigenvalue weighted by molar-refractivity contribution is -0.00390. The van der Waals surface area contributed by atoms with Crippen molar-refractivity contribution < 1.29 is 38.7 Å². The number of aromatic amines is 1. The molecule has 5 N–H and O–H groups in total. The van der Waals surface area contributed by atoms with Crippen LogP contribution in [0.1, 0.15) is 12.5 Å². The lowest BCUT2D eigenvalue weighted by atomic mass is 9.83. The zero-order valence-corrected chi connectivity index (χ0v) is 20.6. The van der Waals surface area contributed by atoms with Gasteiger partial charge in [-0.05, 0) is 22.3 Å². The largest absolute Gasteiger partial charge is 0.456 e. The summed E-state index contributed by atoms with van der Waals surface area (Å²) in [5, 5.41) is 38.6. The minimum Gasteiger partial charge on any atom is -0.456 e. The van der Waals surface area contributed by atoms with Gasteiger partial charge in [0.1, 0.15) is 23.5 Å². The molecule has 200 valence electrons. The number of nitrogens with zero attached hydrogens (tertiary/aromatic N) is 1. The lowest BCUT2D eigenvalue weighted by Gasteiger charge is -2.25. The molecular weight excluding hydrogens is 498 g/mol. The Labute approximate surface area is 217 Å². The van der Waals surface area contributed by atoms with Gasteiger partial charge < -0.3 is 34.9 Å². The highest BCUT2D eigenvalue weighted by molar-refractivity contribution is 5.84. The molecule has 38 heavy (non-hydrogen) atoms. The minimum absolute atomic E-state index is 0.0167. The predicted molar refractivity (Wildman–Crippen MR) is 136 cm³/mol. The van der Waals surface area contributed by atoms with Crippen molar-refractivity contribution in [3.8, 4) is 28.3 Å². The zero-order chi connectivity index (χ0) is 27.0. The van der Waals surface area contributed by atoms with Crippen molar-refractivity contribution in [3.05, 3.63) is 71.8 Å². The SMILES string of the molecule is CC(CO)(CO)c1ccc(-c2ccc(-c3c(F)cc4[nH]c(OC5CO[C@H](CO)C5O)nc4c3F)cc2)cc1. The topological polar surface area (TPSA) is 128 Å². The summed E-state index contributed by atoms with van der Waals surface area (Å²) in [5.74, 6) is -1.63. The molecule has 0 saturated carbocycles. The Hall–Kier alpha value is -3.41. The first-order chi connectivity index (χ1) is 18.3. The average Bonchev–Trinajstić information content (AvgIpc) is 3.51. The fourth-order valence-electron chi connectivity index (χ4n) is 4.57. The van der Waals surface area contributed by atoms with Gasteiger partial charge in [-0.2, -0.15) is 4.98 Å². The van der Waals surface area contributed by atoms with E-state index < -0.39 is 35.4 Å². The van der Waals surface area contributed by atoms with Crippen LogP contribution in [0.15, 0.2) is 54.6 Å². The number of hydrogen-bond acceptors (Lipinski definition) is 7. The van der Waals surface area contributed by atoms with E-state index in [0.717, 1.165) is 22.8 Å². The molecule has 1 aliphatic rings. The molecule has 0 bridgehead atoms. The molecule has 1 aromatic heterocycles. The molecule has 0 radical (unpaired) electrons. The summed E-state index contributed by atoms with van der Waals surface area (Å²) in [5.41, 5.74) is 1.82. The van der Waals surface area contributed by atoms with Crippen LogP contribution in [0.3, 0.4) is 0 Å². The third kappa shape index (κ3) is 4.65. The van der Waals surface area contributed by atoms with Crippen molar-refractivity contribution in [1.82, 2.24) is 9.97 Å². The second-order valence-electron chi connectivity index (χ2n) is 9.72. The molecule has 0 amide bonds. The van der Waals surface area contributed by atoms with Gasteiger partial charge in [0.2, 0.25) is 0 Å². The first-order valence-corrected chi connectivity index (χ1v) is 12.2. The summed E-state index contributed by atoms with van der Waals surface area (Å²) < 4.78 is 41.3. The number of ether oxygens (including phenoxy) is 2. The number of aliphatic hydroxyl groups excluding tert-OH is 4. The van der Waals surface area contributed by atoms with E-state index in [1.807, 2.05) is 24.3 Å². The quantitative estimate of drug-likeness (QED) is 0.239. The summed E-state index contributed by atoms with van der Waals surface area (Å²) >= 11 is 0. The van der Waals surface area contributed by atoms with Crippen LogP contribution in [0.2, 0.25) is 0 Å². The molecule has 0 aliphatic carbocycles. The number of imidazole rings is 1. The molecule has 0 spiro atoms. The second-order valence-corrected chi connectivity index (χ2v) is 9.72. The van der Waals surface area contributed by atoms with Crippen LogP contribution < -0.4 is 4.74 Å². The van der Waals surface area contributed by atoms with E-state index in [1.54, 1.807) is 31.2 Å². The van der Waals surface area contributed by atoms with E-state index in [2.05, 4.69) is 9.97 Å². The summed E-state index contributed by atoms with van der Waals surface area (Å²) in [4.78, 5) is 6.83. The third-order valence-corrected chi connectivity index (χ3v) is 7.11. The fourth-order valence-corrected chi connectivity index (χ4v) is 4.57. The van der Waals surface area contributed by atoms with Gasteiger partial charge in [0.15, 0.2) is 11.9 Å². The summed E-state index contributed by atoms with van der Waals surface area (Å²) in [6, 6.07) is 15.2. The van der Waals surface area contributed by atoms with E-state index in [0.29, 0.717) is 5.56 Å². The highest BCUT2D eigenvalue weighted by Crippen LogP contribution is 2.34.